The topological polar surface area (TPSA) is 62.7 Å². The lowest BCUT2D eigenvalue weighted by Gasteiger charge is -2.36. The Bertz CT molecular complexity index is 1600. The van der Waals surface area contributed by atoms with Gasteiger partial charge in [0.15, 0.2) is 6.61 Å². The standard InChI is InChI=1S/C30H24FN3O3S/c31-21-11-13-22(14-12-21)33-15-17-34(18-16-33)27(35)19-37-30(36)24-8-4-6-20-5-3-7-23(28(20)24)29-32-25-9-1-2-10-26(25)38-29/h1-14H,15-19H2. The van der Waals surface area contributed by atoms with E-state index in [2.05, 4.69) is 4.90 Å². The number of para-hydroxylation sites is 1. The molecule has 0 bridgehead atoms. The summed E-state index contributed by atoms with van der Waals surface area (Å²) in [4.78, 5) is 34.7. The van der Waals surface area contributed by atoms with Gasteiger partial charge >= 0.3 is 5.97 Å². The van der Waals surface area contributed by atoms with Crippen LogP contribution < -0.4 is 4.90 Å². The molecule has 5 aromatic rings. The highest BCUT2D eigenvalue weighted by molar-refractivity contribution is 7.21. The molecule has 4 aromatic carbocycles. The van der Waals surface area contributed by atoms with E-state index in [1.807, 2.05) is 54.6 Å². The number of benzene rings is 4. The molecule has 1 saturated heterocycles. The van der Waals surface area contributed by atoms with Crippen LogP contribution in [0.5, 0.6) is 0 Å². The lowest BCUT2D eigenvalue weighted by Crippen LogP contribution is -2.49. The number of esters is 1. The van der Waals surface area contributed by atoms with Gasteiger partial charge in [-0.15, -0.1) is 11.3 Å². The summed E-state index contributed by atoms with van der Waals surface area (Å²) in [5, 5.41) is 2.49. The van der Waals surface area contributed by atoms with E-state index in [0.29, 0.717) is 31.7 Å². The largest absolute Gasteiger partial charge is 0.452 e. The van der Waals surface area contributed by atoms with Gasteiger partial charge in [0.05, 0.1) is 15.8 Å². The first-order valence-electron chi connectivity index (χ1n) is 12.4. The van der Waals surface area contributed by atoms with Gasteiger partial charge in [-0.05, 0) is 47.9 Å². The maximum Gasteiger partial charge on any atom is 0.339 e. The molecule has 0 radical (unpaired) electrons. The molecule has 6 rings (SSSR count). The highest BCUT2D eigenvalue weighted by Crippen LogP contribution is 2.36. The smallest absolute Gasteiger partial charge is 0.339 e. The van der Waals surface area contributed by atoms with Crippen molar-refractivity contribution in [1.82, 2.24) is 9.88 Å². The Hall–Kier alpha value is -4.30. The summed E-state index contributed by atoms with van der Waals surface area (Å²) in [5.74, 6) is -1.05. The van der Waals surface area contributed by atoms with Crippen LogP contribution in [0.4, 0.5) is 10.1 Å². The fraction of sp³-hybridized carbons (Fsp3) is 0.167. The highest BCUT2D eigenvalue weighted by atomic mass is 32.1. The number of hydrogen-bond acceptors (Lipinski definition) is 6. The Labute approximate surface area is 222 Å². The van der Waals surface area contributed by atoms with Gasteiger partial charge in [-0.25, -0.2) is 14.2 Å². The number of anilines is 1. The predicted octanol–water partition coefficient (Wildman–Crippen LogP) is 5.76. The number of amides is 1. The maximum atomic E-state index is 13.2. The zero-order chi connectivity index (χ0) is 26.1. The first-order valence-corrected chi connectivity index (χ1v) is 13.2. The molecule has 8 heteroatoms. The minimum absolute atomic E-state index is 0.233. The second-order valence-electron chi connectivity index (χ2n) is 9.12. The Morgan fingerprint density at radius 2 is 1.61 bits per heavy atom. The van der Waals surface area contributed by atoms with Gasteiger partial charge < -0.3 is 14.5 Å². The van der Waals surface area contributed by atoms with Crippen molar-refractivity contribution < 1.29 is 18.7 Å². The molecule has 1 aliphatic heterocycles. The molecular weight excluding hydrogens is 501 g/mol. The lowest BCUT2D eigenvalue weighted by atomic mass is 9.99. The Balaban J connectivity index is 1.16. The number of carbonyl (C=O) groups excluding carboxylic acids is 2. The van der Waals surface area contributed by atoms with Crippen LogP contribution in [0.15, 0.2) is 84.9 Å². The number of aromatic nitrogens is 1. The zero-order valence-electron chi connectivity index (χ0n) is 20.5. The van der Waals surface area contributed by atoms with Crippen LogP contribution >= 0.6 is 11.3 Å². The summed E-state index contributed by atoms with van der Waals surface area (Å²) in [6, 6.07) is 25.6. The second kappa shape index (κ2) is 10.2. The molecule has 0 spiro atoms. The van der Waals surface area contributed by atoms with E-state index < -0.39 is 5.97 Å². The number of thiazole rings is 1. The van der Waals surface area contributed by atoms with E-state index in [1.165, 1.54) is 12.1 Å². The van der Waals surface area contributed by atoms with E-state index in [4.69, 9.17) is 9.72 Å². The number of piperazine rings is 1. The molecular formula is C30H24FN3O3S. The third-order valence-electron chi connectivity index (χ3n) is 6.80. The molecule has 1 aromatic heterocycles. The van der Waals surface area contributed by atoms with Crippen LogP contribution in [0.2, 0.25) is 0 Å². The monoisotopic (exact) mass is 525 g/mol. The molecule has 1 amide bonds. The van der Waals surface area contributed by atoms with Gasteiger partial charge in [-0.1, -0.05) is 42.5 Å². The summed E-state index contributed by atoms with van der Waals surface area (Å²) in [7, 11) is 0. The van der Waals surface area contributed by atoms with E-state index in [0.717, 1.165) is 37.2 Å². The molecule has 6 nitrogen and oxygen atoms in total. The van der Waals surface area contributed by atoms with Gasteiger partial charge in [-0.3, -0.25) is 4.79 Å². The number of rotatable bonds is 5. The van der Waals surface area contributed by atoms with Crippen molar-refractivity contribution in [2.24, 2.45) is 0 Å². The van der Waals surface area contributed by atoms with Crippen molar-refractivity contribution >= 4 is 49.9 Å². The second-order valence-corrected chi connectivity index (χ2v) is 10.1. The van der Waals surface area contributed by atoms with Crippen molar-refractivity contribution in [3.8, 4) is 10.6 Å². The number of hydrogen-bond donors (Lipinski definition) is 0. The van der Waals surface area contributed by atoms with Crippen molar-refractivity contribution in [3.05, 3.63) is 96.3 Å². The third kappa shape index (κ3) is 4.70. The van der Waals surface area contributed by atoms with Crippen molar-refractivity contribution in [2.75, 3.05) is 37.7 Å². The van der Waals surface area contributed by atoms with Crippen LogP contribution in [0.3, 0.4) is 0 Å². The van der Waals surface area contributed by atoms with Gasteiger partial charge in [0.2, 0.25) is 0 Å². The molecule has 0 unspecified atom stereocenters. The highest BCUT2D eigenvalue weighted by Gasteiger charge is 2.23. The average molecular weight is 526 g/mol. The molecule has 0 atom stereocenters. The molecule has 190 valence electrons. The van der Waals surface area contributed by atoms with Gasteiger partial charge in [0.1, 0.15) is 10.8 Å². The minimum atomic E-state index is -0.539. The van der Waals surface area contributed by atoms with Crippen LogP contribution in [-0.2, 0) is 9.53 Å². The number of halogens is 1. The molecule has 1 fully saturated rings. The number of ether oxygens (including phenoxy) is 1. The fourth-order valence-corrected chi connectivity index (χ4v) is 5.84. The number of carbonyl (C=O) groups is 2. The maximum absolute atomic E-state index is 13.2. The molecule has 0 aliphatic carbocycles. The summed E-state index contributed by atoms with van der Waals surface area (Å²) in [6.07, 6.45) is 0. The summed E-state index contributed by atoms with van der Waals surface area (Å²) < 4.78 is 19.8. The van der Waals surface area contributed by atoms with Crippen LogP contribution in [-0.4, -0.2) is 54.5 Å². The average Bonchev–Trinajstić information content (AvgIpc) is 3.40. The Kier molecular flexibility index (Phi) is 6.47. The molecule has 1 aliphatic rings. The summed E-state index contributed by atoms with van der Waals surface area (Å²) in [6.45, 7) is 1.93. The van der Waals surface area contributed by atoms with E-state index in [9.17, 15) is 14.0 Å². The van der Waals surface area contributed by atoms with Crippen LogP contribution in [0.25, 0.3) is 31.6 Å². The van der Waals surface area contributed by atoms with Crippen molar-refractivity contribution in [2.45, 2.75) is 0 Å². The van der Waals surface area contributed by atoms with Crippen molar-refractivity contribution in [3.63, 3.8) is 0 Å². The lowest BCUT2D eigenvalue weighted by molar-refractivity contribution is -0.134. The quantitative estimate of drug-likeness (QED) is 0.273. The van der Waals surface area contributed by atoms with Gasteiger partial charge in [0.25, 0.3) is 5.91 Å². The summed E-state index contributed by atoms with van der Waals surface area (Å²) in [5.41, 5.74) is 3.10. The SMILES string of the molecule is O=C(OCC(=O)N1CCN(c2ccc(F)cc2)CC1)c1cccc2cccc(-c3nc4ccccc4s3)c12. The summed E-state index contributed by atoms with van der Waals surface area (Å²) >= 11 is 1.58. The van der Waals surface area contributed by atoms with Gasteiger partial charge in [0, 0.05) is 42.8 Å². The Morgan fingerprint density at radius 1 is 0.868 bits per heavy atom. The zero-order valence-corrected chi connectivity index (χ0v) is 21.3. The minimum Gasteiger partial charge on any atom is -0.452 e. The number of nitrogens with zero attached hydrogens (tertiary/aromatic N) is 3. The van der Waals surface area contributed by atoms with E-state index in [1.54, 1.807) is 34.4 Å². The number of fused-ring (bicyclic) bond motifs is 2. The van der Waals surface area contributed by atoms with Crippen LogP contribution in [0.1, 0.15) is 10.4 Å². The Morgan fingerprint density at radius 3 is 2.37 bits per heavy atom. The first-order chi connectivity index (χ1) is 18.6. The predicted molar refractivity (Wildman–Crippen MR) is 148 cm³/mol. The van der Waals surface area contributed by atoms with Crippen molar-refractivity contribution in [1.29, 1.82) is 0 Å². The van der Waals surface area contributed by atoms with E-state index >= 15 is 0 Å². The molecule has 2 heterocycles. The first kappa shape index (κ1) is 24.1. The van der Waals surface area contributed by atoms with E-state index in [-0.39, 0.29) is 18.3 Å². The molecule has 0 N–H and O–H groups in total. The molecule has 0 saturated carbocycles. The normalized spacial score (nSPS) is 13.7. The molecule has 38 heavy (non-hydrogen) atoms. The third-order valence-corrected chi connectivity index (χ3v) is 7.87. The van der Waals surface area contributed by atoms with Crippen LogP contribution in [0, 0.1) is 5.82 Å². The van der Waals surface area contributed by atoms with Gasteiger partial charge in [-0.2, -0.15) is 0 Å². The fourth-order valence-electron chi connectivity index (χ4n) is 4.84.